The van der Waals surface area contributed by atoms with Crippen molar-refractivity contribution < 1.29 is 9.84 Å². The molecule has 0 aliphatic heterocycles. The molecule has 4 nitrogen and oxygen atoms in total. The number of methoxy groups -OCH3 is 1. The fourth-order valence-electron chi connectivity index (χ4n) is 1.28. The number of aryl methyl sites for hydroxylation is 1. The van der Waals surface area contributed by atoms with Gasteiger partial charge in [-0.1, -0.05) is 6.92 Å². The Bertz CT molecular complexity index is 248. The van der Waals surface area contributed by atoms with Gasteiger partial charge in [0.25, 0.3) is 0 Å². The van der Waals surface area contributed by atoms with Gasteiger partial charge in [-0.15, -0.1) is 0 Å². The van der Waals surface area contributed by atoms with Crippen LogP contribution in [-0.2, 0) is 11.3 Å². The highest BCUT2D eigenvalue weighted by molar-refractivity contribution is 5.02. The van der Waals surface area contributed by atoms with Crippen molar-refractivity contribution in [2.24, 2.45) is 0 Å². The van der Waals surface area contributed by atoms with E-state index in [1.165, 1.54) is 0 Å². The lowest BCUT2D eigenvalue weighted by Crippen LogP contribution is -2.11. The minimum atomic E-state index is -0.570. The summed E-state index contributed by atoms with van der Waals surface area (Å²) in [6, 6.07) is 0. The summed E-state index contributed by atoms with van der Waals surface area (Å²) < 4.78 is 6.82. The number of imidazole rings is 1. The summed E-state index contributed by atoms with van der Waals surface area (Å²) in [7, 11) is 1.57. The van der Waals surface area contributed by atoms with Crippen LogP contribution in [0.2, 0.25) is 0 Å². The zero-order valence-corrected chi connectivity index (χ0v) is 8.10. The zero-order chi connectivity index (χ0) is 9.68. The second kappa shape index (κ2) is 4.99. The number of rotatable bonds is 5. The smallest absolute Gasteiger partial charge is 0.119 e. The Kier molecular flexibility index (Phi) is 3.92. The van der Waals surface area contributed by atoms with Crippen molar-refractivity contribution in [1.29, 1.82) is 0 Å². The van der Waals surface area contributed by atoms with E-state index in [4.69, 9.17) is 4.74 Å². The Morgan fingerprint density at radius 3 is 3.08 bits per heavy atom. The minimum absolute atomic E-state index is 0.315. The van der Waals surface area contributed by atoms with Crippen molar-refractivity contribution >= 4 is 0 Å². The molecule has 1 rings (SSSR count). The highest BCUT2D eigenvalue weighted by Gasteiger charge is 2.11. The molecular formula is C9H16N2O2. The molecule has 1 aromatic rings. The van der Waals surface area contributed by atoms with Crippen LogP contribution in [0.1, 0.15) is 25.1 Å². The number of hydrogen-bond donors (Lipinski definition) is 1. The SMILES string of the molecule is CCCn1cncc1C(O)COC. The molecule has 0 saturated carbocycles. The first kappa shape index (κ1) is 10.2. The van der Waals surface area contributed by atoms with Crippen LogP contribution in [0.4, 0.5) is 0 Å². The molecular weight excluding hydrogens is 168 g/mol. The topological polar surface area (TPSA) is 47.3 Å². The second-order valence-corrected chi connectivity index (χ2v) is 2.98. The number of aliphatic hydroxyl groups is 1. The monoisotopic (exact) mass is 184 g/mol. The van der Waals surface area contributed by atoms with Gasteiger partial charge >= 0.3 is 0 Å². The zero-order valence-electron chi connectivity index (χ0n) is 8.10. The van der Waals surface area contributed by atoms with Crippen LogP contribution >= 0.6 is 0 Å². The summed E-state index contributed by atoms with van der Waals surface area (Å²) in [5.74, 6) is 0. The highest BCUT2D eigenvalue weighted by atomic mass is 16.5. The molecule has 1 atom stereocenters. The second-order valence-electron chi connectivity index (χ2n) is 2.98. The van der Waals surface area contributed by atoms with E-state index in [1.807, 2.05) is 4.57 Å². The quantitative estimate of drug-likeness (QED) is 0.741. The van der Waals surface area contributed by atoms with Crippen molar-refractivity contribution in [2.45, 2.75) is 26.0 Å². The molecule has 0 amide bonds. The maximum atomic E-state index is 9.63. The van der Waals surface area contributed by atoms with Gasteiger partial charge in [-0.2, -0.15) is 0 Å². The first-order valence-corrected chi connectivity index (χ1v) is 4.46. The Morgan fingerprint density at radius 1 is 1.69 bits per heavy atom. The fraction of sp³-hybridized carbons (Fsp3) is 0.667. The van der Waals surface area contributed by atoms with Crippen molar-refractivity contribution in [3.63, 3.8) is 0 Å². The molecule has 4 heteroatoms. The van der Waals surface area contributed by atoms with Gasteiger partial charge < -0.3 is 14.4 Å². The van der Waals surface area contributed by atoms with Gasteiger partial charge in [-0.3, -0.25) is 0 Å². The number of hydrogen-bond acceptors (Lipinski definition) is 3. The minimum Gasteiger partial charge on any atom is -0.384 e. The van der Waals surface area contributed by atoms with E-state index in [9.17, 15) is 5.11 Å². The number of aliphatic hydroxyl groups excluding tert-OH is 1. The molecule has 0 aliphatic carbocycles. The third kappa shape index (κ3) is 2.54. The van der Waals surface area contributed by atoms with Crippen LogP contribution in [0, 0.1) is 0 Å². The largest absolute Gasteiger partial charge is 0.384 e. The average Bonchev–Trinajstić information content (AvgIpc) is 2.54. The van der Waals surface area contributed by atoms with Crippen molar-refractivity contribution in [1.82, 2.24) is 9.55 Å². The van der Waals surface area contributed by atoms with E-state index in [0.717, 1.165) is 18.7 Å². The molecule has 0 saturated heterocycles. The summed E-state index contributed by atoms with van der Waals surface area (Å²) >= 11 is 0. The molecule has 1 N–H and O–H groups in total. The average molecular weight is 184 g/mol. The Labute approximate surface area is 78.2 Å². The lowest BCUT2D eigenvalue weighted by Gasteiger charge is -2.11. The molecule has 0 radical (unpaired) electrons. The summed E-state index contributed by atoms with van der Waals surface area (Å²) in [6.45, 7) is 3.29. The van der Waals surface area contributed by atoms with Gasteiger partial charge in [0.1, 0.15) is 6.10 Å². The maximum absolute atomic E-state index is 9.63. The van der Waals surface area contributed by atoms with E-state index in [0.29, 0.717) is 6.61 Å². The molecule has 1 heterocycles. The van der Waals surface area contributed by atoms with Gasteiger partial charge in [0.05, 0.1) is 24.8 Å². The summed E-state index contributed by atoms with van der Waals surface area (Å²) in [5.41, 5.74) is 0.823. The Morgan fingerprint density at radius 2 is 2.46 bits per heavy atom. The van der Waals surface area contributed by atoms with Gasteiger partial charge in [0, 0.05) is 13.7 Å². The van der Waals surface area contributed by atoms with Crippen LogP contribution in [0.25, 0.3) is 0 Å². The molecule has 0 fully saturated rings. The number of nitrogens with zero attached hydrogens (tertiary/aromatic N) is 2. The van der Waals surface area contributed by atoms with E-state index in [1.54, 1.807) is 19.6 Å². The van der Waals surface area contributed by atoms with Crippen LogP contribution < -0.4 is 0 Å². The third-order valence-corrected chi connectivity index (χ3v) is 1.87. The molecule has 74 valence electrons. The number of aromatic nitrogens is 2. The van der Waals surface area contributed by atoms with Crippen molar-refractivity contribution in [3.8, 4) is 0 Å². The molecule has 1 aromatic heterocycles. The highest BCUT2D eigenvalue weighted by Crippen LogP contribution is 2.12. The predicted molar refractivity (Wildman–Crippen MR) is 49.4 cm³/mol. The molecule has 1 unspecified atom stereocenters. The van der Waals surface area contributed by atoms with E-state index >= 15 is 0 Å². The van der Waals surface area contributed by atoms with Gasteiger partial charge in [0.15, 0.2) is 0 Å². The lowest BCUT2D eigenvalue weighted by atomic mass is 10.3. The number of ether oxygens (including phenoxy) is 1. The fourth-order valence-corrected chi connectivity index (χ4v) is 1.28. The first-order chi connectivity index (χ1) is 6.29. The first-order valence-electron chi connectivity index (χ1n) is 4.46. The van der Waals surface area contributed by atoms with E-state index < -0.39 is 6.10 Å². The van der Waals surface area contributed by atoms with Crippen molar-refractivity contribution in [2.75, 3.05) is 13.7 Å². The van der Waals surface area contributed by atoms with Crippen LogP contribution in [0.15, 0.2) is 12.5 Å². The van der Waals surface area contributed by atoms with Crippen LogP contribution in [0.5, 0.6) is 0 Å². The summed E-state index contributed by atoms with van der Waals surface area (Å²) in [4.78, 5) is 3.99. The van der Waals surface area contributed by atoms with Crippen LogP contribution in [-0.4, -0.2) is 28.4 Å². The van der Waals surface area contributed by atoms with Crippen LogP contribution in [0.3, 0.4) is 0 Å². The van der Waals surface area contributed by atoms with E-state index in [2.05, 4.69) is 11.9 Å². The predicted octanol–water partition coefficient (Wildman–Crippen LogP) is 0.973. The standard InChI is InChI=1S/C9H16N2O2/c1-3-4-11-7-10-5-8(11)9(12)6-13-2/h5,7,9,12H,3-4,6H2,1-2H3. The molecule has 0 aliphatic rings. The van der Waals surface area contributed by atoms with Gasteiger partial charge in [-0.25, -0.2) is 4.98 Å². The molecule has 0 aromatic carbocycles. The van der Waals surface area contributed by atoms with E-state index in [-0.39, 0.29) is 0 Å². The summed E-state index contributed by atoms with van der Waals surface area (Å²) in [6.07, 6.45) is 3.87. The molecule has 0 bridgehead atoms. The lowest BCUT2D eigenvalue weighted by molar-refractivity contribution is 0.0593. The Balaban J connectivity index is 2.68. The van der Waals surface area contributed by atoms with Gasteiger partial charge in [-0.05, 0) is 6.42 Å². The third-order valence-electron chi connectivity index (χ3n) is 1.87. The molecule has 0 spiro atoms. The molecule has 13 heavy (non-hydrogen) atoms. The van der Waals surface area contributed by atoms with Crippen molar-refractivity contribution in [3.05, 3.63) is 18.2 Å². The normalized spacial score (nSPS) is 13.2. The summed E-state index contributed by atoms with van der Waals surface area (Å²) in [5, 5.41) is 9.63. The van der Waals surface area contributed by atoms with Gasteiger partial charge in [0.2, 0.25) is 0 Å². The Hall–Kier alpha value is -0.870. The maximum Gasteiger partial charge on any atom is 0.119 e.